The second kappa shape index (κ2) is 6.62. The Balaban J connectivity index is 1.51. The van der Waals surface area contributed by atoms with E-state index in [-0.39, 0.29) is 18.2 Å². The third kappa shape index (κ3) is 3.56. The quantitative estimate of drug-likeness (QED) is 0.806. The first-order chi connectivity index (χ1) is 10.6. The summed E-state index contributed by atoms with van der Waals surface area (Å²) in [5.74, 6) is -0.483. The van der Waals surface area contributed by atoms with Gasteiger partial charge in [-0.3, -0.25) is 20.4 Å². The lowest BCUT2D eigenvalue weighted by Crippen LogP contribution is -2.42. The number of carbonyl (C=O) groups is 2. The monoisotopic (exact) mass is 378 g/mol. The van der Waals surface area contributed by atoms with E-state index in [0.717, 1.165) is 22.9 Å². The van der Waals surface area contributed by atoms with Crippen LogP contribution >= 0.6 is 27.3 Å². The van der Waals surface area contributed by atoms with Crippen molar-refractivity contribution in [2.24, 2.45) is 0 Å². The molecule has 0 saturated carbocycles. The van der Waals surface area contributed by atoms with Gasteiger partial charge in [-0.15, -0.1) is 11.3 Å². The number of hydrazine groups is 1. The van der Waals surface area contributed by atoms with E-state index >= 15 is 0 Å². The third-order valence-electron chi connectivity index (χ3n) is 3.56. The highest BCUT2D eigenvalue weighted by molar-refractivity contribution is 9.10. The van der Waals surface area contributed by atoms with Crippen LogP contribution in [0.5, 0.6) is 0 Å². The number of rotatable bonds is 3. The van der Waals surface area contributed by atoms with E-state index in [1.807, 2.05) is 30.3 Å². The number of fused-ring (bicyclic) bond motifs is 1. The number of nitrogens with one attached hydrogen (secondary N) is 2. The zero-order valence-corrected chi connectivity index (χ0v) is 14.2. The number of hydrogen-bond donors (Lipinski definition) is 2. The van der Waals surface area contributed by atoms with Crippen molar-refractivity contribution in [3.05, 3.63) is 55.7 Å². The van der Waals surface area contributed by atoms with E-state index in [1.165, 1.54) is 28.2 Å². The highest BCUT2D eigenvalue weighted by Crippen LogP contribution is 2.30. The maximum Gasteiger partial charge on any atom is 0.279 e. The number of thiophene rings is 1. The molecule has 0 fully saturated rings. The average Bonchev–Trinajstić information content (AvgIpc) is 3.08. The molecule has 0 atom stereocenters. The van der Waals surface area contributed by atoms with Gasteiger partial charge < -0.3 is 0 Å². The molecule has 0 unspecified atom stereocenters. The van der Waals surface area contributed by atoms with Crippen molar-refractivity contribution in [3.8, 4) is 0 Å². The second-order valence-electron chi connectivity index (χ2n) is 5.22. The normalized spacial score (nSPS) is 12.8. The van der Waals surface area contributed by atoms with Crippen molar-refractivity contribution in [2.75, 3.05) is 0 Å². The maximum atomic E-state index is 12.0. The van der Waals surface area contributed by atoms with E-state index in [2.05, 4.69) is 26.8 Å². The highest BCUT2D eigenvalue weighted by Gasteiger charge is 2.18. The van der Waals surface area contributed by atoms with Gasteiger partial charge in [-0.25, -0.2) is 0 Å². The van der Waals surface area contributed by atoms with Crippen LogP contribution in [-0.4, -0.2) is 11.8 Å². The van der Waals surface area contributed by atoms with Gasteiger partial charge in [0.2, 0.25) is 5.91 Å². The van der Waals surface area contributed by atoms with E-state index < -0.39 is 0 Å². The largest absolute Gasteiger partial charge is 0.279 e. The Morgan fingerprint density at radius 2 is 1.91 bits per heavy atom. The van der Waals surface area contributed by atoms with Crippen LogP contribution in [-0.2, 0) is 24.1 Å². The van der Waals surface area contributed by atoms with E-state index in [0.29, 0.717) is 4.88 Å². The van der Waals surface area contributed by atoms with E-state index in [4.69, 9.17) is 0 Å². The standard InChI is InChI=1S/C16H15BrN2O2S/c17-12-6-4-10(5-7-12)8-15(20)18-19-16(21)14-9-11-2-1-3-13(11)22-14/h4-7,9H,1-3,8H2,(H,18,20)(H,19,21). The van der Waals surface area contributed by atoms with Gasteiger partial charge in [-0.2, -0.15) is 0 Å². The molecule has 1 aliphatic carbocycles. The number of benzene rings is 1. The van der Waals surface area contributed by atoms with Crippen molar-refractivity contribution in [3.63, 3.8) is 0 Å². The molecule has 0 aliphatic heterocycles. The summed E-state index contributed by atoms with van der Waals surface area (Å²) < 4.78 is 0.968. The van der Waals surface area contributed by atoms with Crippen LogP contribution in [0.3, 0.4) is 0 Å². The summed E-state index contributed by atoms with van der Waals surface area (Å²) in [5, 5.41) is 0. The average molecular weight is 379 g/mol. The minimum atomic E-state index is -0.247. The first kappa shape index (κ1) is 15.2. The van der Waals surface area contributed by atoms with Gasteiger partial charge in [0.25, 0.3) is 5.91 Å². The zero-order valence-electron chi connectivity index (χ0n) is 11.8. The Bertz CT molecular complexity index is 688. The minimum absolute atomic E-state index is 0.231. The molecule has 114 valence electrons. The molecular weight excluding hydrogens is 364 g/mol. The molecule has 1 aromatic heterocycles. The van der Waals surface area contributed by atoms with E-state index in [9.17, 15) is 9.59 Å². The summed E-state index contributed by atoms with van der Waals surface area (Å²) in [7, 11) is 0. The Morgan fingerprint density at radius 3 is 2.64 bits per heavy atom. The Hall–Kier alpha value is -1.66. The molecule has 3 rings (SSSR count). The topological polar surface area (TPSA) is 58.2 Å². The Kier molecular flexibility index (Phi) is 4.59. The lowest BCUT2D eigenvalue weighted by atomic mass is 10.1. The summed E-state index contributed by atoms with van der Waals surface area (Å²) in [5.41, 5.74) is 7.11. The fraction of sp³-hybridized carbons (Fsp3) is 0.250. The van der Waals surface area contributed by atoms with Crippen molar-refractivity contribution < 1.29 is 9.59 Å². The predicted octanol–water partition coefficient (Wildman–Crippen LogP) is 3.00. The van der Waals surface area contributed by atoms with Gasteiger partial charge in [0.1, 0.15) is 0 Å². The maximum absolute atomic E-state index is 12.0. The van der Waals surface area contributed by atoms with Crippen molar-refractivity contribution in [1.29, 1.82) is 0 Å². The number of aryl methyl sites for hydroxylation is 2. The number of halogens is 1. The summed E-state index contributed by atoms with van der Waals surface area (Å²) in [6.45, 7) is 0. The van der Waals surface area contributed by atoms with Crippen LogP contribution in [0.4, 0.5) is 0 Å². The smallest absolute Gasteiger partial charge is 0.273 e. The molecule has 4 nitrogen and oxygen atoms in total. The van der Waals surface area contributed by atoms with Crippen LogP contribution in [0.25, 0.3) is 0 Å². The molecule has 2 N–H and O–H groups in total. The third-order valence-corrected chi connectivity index (χ3v) is 5.33. The molecule has 1 aliphatic rings. The Labute approximate surface area is 141 Å². The molecule has 1 heterocycles. The molecule has 2 amide bonds. The predicted molar refractivity (Wildman–Crippen MR) is 89.8 cm³/mol. The molecule has 0 radical (unpaired) electrons. The molecule has 6 heteroatoms. The zero-order chi connectivity index (χ0) is 15.5. The molecule has 0 saturated heterocycles. The molecule has 22 heavy (non-hydrogen) atoms. The number of hydrogen-bond acceptors (Lipinski definition) is 3. The fourth-order valence-corrected chi connectivity index (χ4v) is 3.87. The number of amides is 2. The van der Waals surface area contributed by atoms with Crippen LogP contribution in [0, 0.1) is 0 Å². The Morgan fingerprint density at radius 1 is 1.14 bits per heavy atom. The summed E-state index contributed by atoms with van der Waals surface area (Å²) >= 11 is 4.87. The second-order valence-corrected chi connectivity index (χ2v) is 7.27. The van der Waals surface area contributed by atoms with Gasteiger partial charge in [-0.05, 0) is 48.6 Å². The molecule has 0 bridgehead atoms. The van der Waals surface area contributed by atoms with Crippen LogP contribution in [0.2, 0.25) is 0 Å². The van der Waals surface area contributed by atoms with Gasteiger partial charge in [0.15, 0.2) is 0 Å². The van der Waals surface area contributed by atoms with Gasteiger partial charge in [0.05, 0.1) is 11.3 Å². The molecular formula is C16H15BrN2O2S. The summed E-state index contributed by atoms with van der Waals surface area (Å²) in [4.78, 5) is 25.8. The van der Waals surface area contributed by atoms with Crippen LogP contribution in [0.15, 0.2) is 34.8 Å². The molecule has 1 aromatic carbocycles. The van der Waals surface area contributed by atoms with Gasteiger partial charge in [-0.1, -0.05) is 28.1 Å². The van der Waals surface area contributed by atoms with Gasteiger partial charge in [0, 0.05) is 9.35 Å². The molecule has 2 aromatic rings. The lowest BCUT2D eigenvalue weighted by molar-refractivity contribution is -0.121. The van der Waals surface area contributed by atoms with Gasteiger partial charge >= 0.3 is 0 Å². The molecule has 0 spiro atoms. The van der Waals surface area contributed by atoms with Crippen LogP contribution in [0.1, 0.15) is 32.1 Å². The van der Waals surface area contributed by atoms with Crippen LogP contribution < -0.4 is 10.9 Å². The lowest BCUT2D eigenvalue weighted by Gasteiger charge is -2.06. The number of carbonyl (C=O) groups excluding carboxylic acids is 2. The van der Waals surface area contributed by atoms with E-state index in [1.54, 1.807) is 0 Å². The summed E-state index contributed by atoms with van der Waals surface area (Å²) in [6.07, 6.45) is 3.51. The van der Waals surface area contributed by atoms with Crippen molar-refractivity contribution in [2.45, 2.75) is 25.7 Å². The first-order valence-electron chi connectivity index (χ1n) is 7.07. The minimum Gasteiger partial charge on any atom is -0.273 e. The van der Waals surface area contributed by atoms with Crippen molar-refractivity contribution in [1.82, 2.24) is 10.9 Å². The fourth-order valence-electron chi connectivity index (χ4n) is 2.46. The highest BCUT2D eigenvalue weighted by atomic mass is 79.9. The SMILES string of the molecule is O=C(Cc1ccc(Br)cc1)NNC(=O)c1cc2c(s1)CCC2. The van der Waals surface area contributed by atoms with Crippen molar-refractivity contribution >= 4 is 39.1 Å². The first-order valence-corrected chi connectivity index (χ1v) is 8.68. The summed E-state index contributed by atoms with van der Waals surface area (Å²) in [6, 6.07) is 9.44.